The van der Waals surface area contributed by atoms with Gasteiger partial charge in [0.25, 0.3) is 0 Å². The first-order chi connectivity index (χ1) is 11.0. The minimum Gasteiger partial charge on any atom is -0.489 e. The van der Waals surface area contributed by atoms with Gasteiger partial charge in [0.1, 0.15) is 11.6 Å². The van der Waals surface area contributed by atoms with Crippen molar-refractivity contribution in [3.8, 4) is 5.75 Å². The van der Waals surface area contributed by atoms with Crippen LogP contribution in [0, 0.1) is 5.82 Å². The van der Waals surface area contributed by atoms with E-state index < -0.39 is 0 Å². The summed E-state index contributed by atoms with van der Waals surface area (Å²) in [4.78, 5) is 0. The van der Waals surface area contributed by atoms with Crippen molar-refractivity contribution in [2.24, 2.45) is 0 Å². The van der Waals surface area contributed by atoms with Crippen molar-refractivity contribution >= 4 is 31.9 Å². The molecule has 0 aliphatic rings. The Kier molecular flexibility index (Phi) is 7.06. The van der Waals surface area contributed by atoms with Crippen LogP contribution in [-0.2, 0) is 13.0 Å². The Bertz CT molecular complexity index is 638. The molecule has 124 valence electrons. The zero-order valence-electron chi connectivity index (χ0n) is 13.2. The highest BCUT2D eigenvalue weighted by Gasteiger charge is 2.10. The Morgan fingerprint density at radius 3 is 2.39 bits per heavy atom. The largest absolute Gasteiger partial charge is 0.489 e. The highest BCUT2D eigenvalue weighted by atomic mass is 79.9. The summed E-state index contributed by atoms with van der Waals surface area (Å²) in [5.74, 6) is 0.671. The summed E-state index contributed by atoms with van der Waals surface area (Å²) in [7, 11) is 0. The van der Waals surface area contributed by atoms with E-state index in [1.165, 1.54) is 6.07 Å². The number of hydrogen-bond donors (Lipinski definition) is 1. The molecule has 0 saturated heterocycles. The molecule has 2 nitrogen and oxygen atoms in total. The third-order valence-corrected chi connectivity index (χ3v) is 4.45. The van der Waals surface area contributed by atoms with Crippen molar-refractivity contribution in [1.29, 1.82) is 0 Å². The van der Waals surface area contributed by atoms with E-state index in [2.05, 4.69) is 37.2 Å². The highest BCUT2D eigenvalue weighted by Crippen LogP contribution is 2.35. The minimum absolute atomic E-state index is 0.118. The van der Waals surface area contributed by atoms with Gasteiger partial charge < -0.3 is 10.1 Å². The van der Waals surface area contributed by atoms with Gasteiger partial charge in [0.05, 0.1) is 15.0 Å². The summed E-state index contributed by atoms with van der Waals surface area (Å²) in [5.41, 5.74) is 1.87. The second kappa shape index (κ2) is 8.81. The van der Waals surface area contributed by atoms with Crippen LogP contribution >= 0.6 is 31.9 Å². The van der Waals surface area contributed by atoms with Crippen LogP contribution in [0.5, 0.6) is 5.75 Å². The molecule has 0 bridgehead atoms. The molecular formula is C18H20Br2FNO. The van der Waals surface area contributed by atoms with E-state index in [-0.39, 0.29) is 11.9 Å². The maximum absolute atomic E-state index is 13.5. The summed E-state index contributed by atoms with van der Waals surface area (Å²) in [6.07, 6.45) is 0.788. The molecule has 0 spiro atoms. The predicted octanol–water partition coefficient (Wildman–Crippen LogP) is 5.47. The molecule has 0 heterocycles. The molecule has 0 fully saturated rings. The van der Waals surface area contributed by atoms with Crippen molar-refractivity contribution < 1.29 is 9.13 Å². The molecule has 0 atom stereocenters. The molecule has 0 unspecified atom stereocenters. The Labute approximate surface area is 153 Å². The van der Waals surface area contributed by atoms with Crippen molar-refractivity contribution in [3.05, 3.63) is 62.3 Å². The van der Waals surface area contributed by atoms with Crippen LogP contribution in [0.3, 0.4) is 0 Å². The van der Waals surface area contributed by atoms with Gasteiger partial charge in [-0.3, -0.25) is 0 Å². The molecule has 23 heavy (non-hydrogen) atoms. The van der Waals surface area contributed by atoms with Crippen molar-refractivity contribution in [3.63, 3.8) is 0 Å². The molecule has 0 amide bonds. The monoisotopic (exact) mass is 443 g/mol. The molecule has 0 radical (unpaired) electrons. The van der Waals surface area contributed by atoms with E-state index in [1.54, 1.807) is 6.07 Å². The average molecular weight is 445 g/mol. The fourth-order valence-electron chi connectivity index (χ4n) is 2.22. The average Bonchev–Trinajstić information content (AvgIpc) is 2.49. The molecule has 2 aromatic rings. The van der Waals surface area contributed by atoms with Crippen LogP contribution in [0.15, 0.2) is 45.3 Å². The smallest absolute Gasteiger partial charge is 0.148 e. The lowest BCUT2D eigenvalue weighted by Gasteiger charge is -2.15. The van der Waals surface area contributed by atoms with Crippen LogP contribution in [0.1, 0.15) is 25.0 Å². The van der Waals surface area contributed by atoms with Crippen LogP contribution < -0.4 is 10.1 Å². The van der Waals surface area contributed by atoms with Gasteiger partial charge in [0.2, 0.25) is 0 Å². The first kappa shape index (κ1) is 18.4. The lowest BCUT2D eigenvalue weighted by Crippen LogP contribution is -2.17. The van der Waals surface area contributed by atoms with Crippen molar-refractivity contribution in [2.45, 2.75) is 32.9 Å². The van der Waals surface area contributed by atoms with E-state index in [9.17, 15) is 4.39 Å². The fourth-order valence-corrected chi connectivity index (χ4v) is 3.69. The van der Waals surface area contributed by atoms with E-state index in [1.807, 2.05) is 38.1 Å². The molecule has 0 aliphatic carbocycles. The van der Waals surface area contributed by atoms with Crippen LogP contribution in [-0.4, -0.2) is 12.6 Å². The molecule has 1 N–H and O–H groups in total. The maximum Gasteiger partial charge on any atom is 0.148 e. The minimum atomic E-state index is -0.144. The number of nitrogens with one attached hydrogen (secondary N) is 1. The zero-order valence-corrected chi connectivity index (χ0v) is 16.4. The summed E-state index contributed by atoms with van der Waals surface area (Å²) in [6, 6.07) is 11.0. The summed E-state index contributed by atoms with van der Waals surface area (Å²) >= 11 is 7.10. The first-order valence-electron chi connectivity index (χ1n) is 7.56. The van der Waals surface area contributed by atoms with Gasteiger partial charge in [0.15, 0.2) is 0 Å². The lowest BCUT2D eigenvalue weighted by molar-refractivity contribution is 0.239. The normalized spacial score (nSPS) is 11.0. The van der Waals surface area contributed by atoms with Crippen LogP contribution in [0.2, 0.25) is 0 Å². The van der Waals surface area contributed by atoms with Gasteiger partial charge in [0, 0.05) is 6.54 Å². The standard InChI is InChI=1S/C18H20Br2FNO/c1-12(2)23-18-15(19)9-13(10-16(18)20)11-22-8-7-14-5-3-4-6-17(14)21/h3-6,9-10,12,22H,7-8,11H2,1-2H3. The number of rotatable bonds is 7. The topological polar surface area (TPSA) is 21.3 Å². The highest BCUT2D eigenvalue weighted by molar-refractivity contribution is 9.11. The van der Waals surface area contributed by atoms with Crippen molar-refractivity contribution in [2.75, 3.05) is 6.54 Å². The van der Waals surface area contributed by atoms with Gasteiger partial charge in [-0.1, -0.05) is 18.2 Å². The van der Waals surface area contributed by atoms with E-state index in [0.717, 1.165) is 32.4 Å². The third-order valence-electron chi connectivity index (χ3n) is 3.27. The lowest BCUT2D eigenvalue weighted by atomic mass is 10.1. The number of halogens is 3. The zero-order chi connectivity index (χ0) is 16.8. The summed E-state index contributed by atoms with van der Waals surface area (Å²) in [5, 5.41) is 3.34. The third kappa shape index (κ3) is 5.59. The second-order valence-electron chi connectivity index (χ2n) is 5.57. The van der Waals surface area contributed by atoms with Gasteiger partial charge in [-0.05, 0) is 88.0 Å². The SMILES string of the molecule is CC(C)Oc1c(Br)cc(CNCCc2ccccc2F)cc1Br. The second-order valence-corrected chi connectivity index (χ2v) is 7.28. The van der Waals surface area contributed by atoms with E-state index in [0.29, 0.717) is 13.0 Å². The van der Waals surface area contributed by atoms with E-state index in [4.69, 9.17) is 4.74 Å². The molecule has 0 aliphatic heterocycles. The summed E-state index contributed by atoms with van der Waals surface area (Å²) in [6.45, 7) is 5.43. The molecule has 5 heteroatoms. The molecule has 2 aromatic carbocycles. The number of hydrogen-bond acceptors (Lipinski definition) is 2. The van der Waals surface area contributed by atoms with E-state index >= 15 is 0 Å². The molecule has 2 rings (SSSR count). The van der Waals surface area contributed by atoms with Crippen LogP contribution in [0.4, 0.5) is 4.39 Å². The number of benzene rings is 2. The fraction of sp³-hybridized carbons (Fsp3) is 0.333. The Balaban J connectivity index is 1.90. The summed E-state index contributed by atoms with van der Waals surface area (Å²) < 4.78 is 21.2. The Hall–Kier alpha value is -0.910. The number of ether oxygens (including phenoxy) is 1. The quantitative estimate of drug-likeness (QED) is 0.571. The molecule has 0 aromatic heterocycles. The predicted molar refractivity (Wildman–Crippen MR) is 99.4 cm³/mol. The Morgan fingerprint density at radius 2 is 1.78 bits per heavy atom. The Morgan fingerprint density at radius 1 is 1.13 bits per heavy atom. The van der Waals surface area contributed by atoms with Gasteiger partial charge in [-0.25, -0.2) is 4.39 Å². The van der Waals surface area contributed by atoms with Crippen LogP contribution in [0.25, 0.3) is 0 Å². The van der Waals surface area contributed by atoms with Gasteiger partial charge in [-0.2, -0.15) is 0 Å². The van der Waals surface area contributed by atoms with Gasteiger partial charge in [-0.15, -0.1) is 0 Å². The first-order valence-corrected chi connectivity index (χ1v) is 9.14. The van der Waals surface area contributed by atoms with Crippen molar-refractivity contribution in [1.82, 2.24) is 5.32 Å². The van der Waals surface area contributed by atoms with Gasteiger partial charge >= 0.3 is 0 Å². The maximum atomic E-state index is 13.5. The molecular weight excluding hydrogens is 425 g/mol. The molecule has 0 saturated carbocycles.